The molecule has 0 spiro atoms. The number of nitrogens with zero attached hydrogens (tertiary/aromatic N) is 4. The van der Waals surface area contributed by atoms with Crippen LogP contribution in [-0.4, -0.2) is 42.6 Å². The highest BCUT2D eigenvalue weighted by Crippen LogP contribution is 2.47. The molecular weight excluding hydrogens is 335 g/mol. The molecule has 3 rings (SSSR count). The fraction of sp³-hybridized carbons (Fsp3) is 0.556. The van der Waals surface area contributed by atoms with E-state index in [-0.39, 0.29) is 23.7 Å². The number of nitrogen functional groups attached to an aromatic ring is 1. The van der Waals surface area contributed by atoms with Gasteiger partial charge in [-0.25, -0.2) is 4.57 Å². The molecule has 0 amide bonds. The van der Waals surface area contributed by atoms with Crippen LogP contribution in [0.25, 0.3) is 11.2 Å². The number of nitrogens with one attached hydrogen (secondary N) is 1. The average Bonchev–Trinajstić information content (AvgIpc) is 3.01. The number of nitrogens with two attached hydrogens (primary N) is 1. The van der Waals surface area contributed by atoms with Crippen molar-refractivity contribution in [2.45, 2.75) is 25.2 Å². The minimum atomic E-state index is -3.84. The van der Waals surface area contributed by atoms with Crippen LogP contribution in [0.5, 0.6) is 0 Å². The van der Waals surface area contributed by atoms with E-state index in [2.05, 4.69) is 32.5 Å². The molecule has 2 aromatic rings. The summed E-state index contributed by atoms with van der Waals surface area (Å²) in [5.74, 6) is -0.0461. The lowest BCUT2D eigenvalue weighted by Crippen LogP contribution is -2.17. The Morgan fingerprint density at radius 2 is 2.36 bits per heavy atom. The Morgan fingerprint density at radius 1 is 1.59 bits per heavy atom. The molecule has 1 unspecified atom stereocenters. The van der Waals surface area contributed by atoms with E-state index in [4.69, 9.17) is 19.9 Å². The Hall–Kier alpha value is -1.46. The minimum Gasteiger partial charge on any atom is -0.369 e. The number of fused-ring (bicyclic) bond motifs is 1. The number of hydrogen-bond donors (Lipinski definition) is 4. The van der Waals surface area contributed by atoms with Crippen LogP contribution in [0, 0.1) is 0 Å². The van der Waals surface area contributed by atoms with Gasteiger partial charge in [-0.15, -0.1) is 5.10 Å². The molecule has 22 heavy (non-hydrogen) atoms. The summed E-state index contributed by atoms with van der Waals surface area (Å²) in [4.78, 5) is 27.0. The van der Waals surface area contributed by atoms with Crippen LogP contribution in [0.1, 0.15) is 19.1 Å². The summed E-state index contributed by atoms with van der Waals surface area (Å²) in [5.41, 5.74) is 5.31. The van der Waals surface area contributed by atoms with E-state index in [1.165, 1.54) is 4.68 Å². The summed E-state index contributed by atoms with van der Waals surface area (Å²) in [6, 6.07) is 0. The number of rotatable bonds is 4. The largest absolute Gasteiger partial charge is 0.383 e. The molecular formula is C9H13N6O5PS. The van der Waals surface area contributed by atoms with Crippen molar-refractivity contribution < 1.29 is 18.7 Å². The number of aromatic amines is 1. The van der Waals surface area contributed by atoms with E-state index in [0.717, 1.165) is 0 Å². The van der Waals surface area contributed by atoms with Crippen LogP contribution < -0.4 is 11.3 Å². The standard InChI is InChI=1S/C9H13N6O5PS/c10-9-11-7-6(8(16)12-9)13-14-15(7)5-2-1-4(20-5)3-19-21(17,18)22/h4-5H,1-3H2,(H2,17,18,22)(H3,10,11,12,16)/t4-,5+/m0/s1. The van der Waals surface area contributed by atoms with Crippen LogP contribution in [0.2, 0.25) is 0 Å². The first-order valence-electron chi connectivity index (χ1n) is 6.30. The Labute approximate surface area is 128 Å². The maximum atomic E-state index is 11.7. The van der Waals surface area contributed by atoms with Gasteiger partial charge in [0.05, 0.1) is 12.7 Å². The second kappa shape index (κ2) is 5.63. The zero-order valence-electron chi connectivity index (χ0n) is 11.1. The van der Waals surface area contributed by atoms with Gasteiger partial charge in [-0.2, -0.15) is 9.67 Å². The van der Waals surface area contributed by atoms with Crippen molar-refractivity contribution >= 4 is 36.2 Å². The van der Waals surface area contributed by atoms with Gasteiger partial charge in [0.15, 0.2) is 17.4 Å². The highest BCUT2D eigenvalue weighted by atomic mass is 32.7. The first kappa shape index (κ1) is 15.4. The predicted octanol–water partition coefficient (Wildman–Crippen LogP) is -0.179. The summed E-state index contributed by atoms with van der Waals surface area (Å²) >= 11 is 3.42. The molecule has 13 heteroatoms. The molecule has 0 saturated carbocycles. The van der Waals surface area contributed by atoms with Crippen molar-refractivity contribution in [1.29, 1.82) is 0 Å². The monoisotopic (exact) mass is 348 g/mol. The first-order valence-corrected chi connectivity index (χ1v) is 9.03. The quantitative estimate of drug-likeness (QED) is 0.434. The normalized spacial score (nSPS) is 24.6. The van der Waals surface area contributed by atoms with E-state index >= 15 is 0 Å². The molecule has 0 aromatic carbocycles. The number of H-pyrrole nitrogens is 1. The van der Waals surface area contributed by atoms with E-state index in [1.807, 2.05) is 0 Å². The summed E-state index contributed by atoms with van der Waals surface area (Å²) in [6.07, 6.45) is 0.239. The molecule has 4 N–H and O–H groups in total. The van der Waals surface area contributed by atoms with Gasteiger partial charge in [-0.3, -0.25) is 14.3 Å². The summed E-state index contributed by atoms with van der Waals surface area (Å²) in [5, 5.41) is 7.62. The number of hydrogen-bond acceptors (Lipinski definition) is 8. The molecule has 1 fully saturated rings. The zero-order chi connectivity index (χ0) is 15.9. The van der Waals surface area contributed by atoms with Crippen LogP contribution in [0.15, 0.2) is 4.79 Å². The molecule has 11 nitrogen and oxygen atoms in total. The third-order valence-corrected chi connectivity index (χ3v) is 3.97. The van der Waals surface area contributed by atoms with Crippen molar-refractivity contribution in [3.63, 3.8) is 0 Å². The fourth-order valence-corrected chi connectivity index (χ4v) is 2.78. The molecule has 3 atom stereocenters. The lowest BCUT2D eigenvalue weighted by Gasteiger charge is -2.14. The fourth-order valence-electron chi connectivity index (χ4n) is 2.22. The topological polar surface area (TPSA) is 158 Å². The molecule has 120 valence electrons. The average molecular weight is 348 g/mol. The second-order valence-electron chi connectivity index (χ2n) is 4.73. The zero-order valence-corrected chi connectivity index (χ0v) is 12.9. The first-order chi connectivity index (χ1) is 10.3. The van der Waals surface area contributed by atoms with E-state index in [0.29, 0.717) is 12.8 Å². The van der Waals surface area contributed by atoms with Gasteiger partial charge >= 0.3 is 6.80 Å². The lowest BCUT2D eigenvalue weighted by atomic mass is 10.2. The van der Waals surface area contributed by atoms with Gasteiger partial charge in [0, 0.05) is 0 Å². The third-order valence-electron chi connectivity index (χ3n) is 3.14. The van der Waals surface area contributed by atoms with Gasteiger partial charge < -0.3 is 15.4 Å². The number of aromatic nitrogens is 5. The molecule has 3 heterocycles. The Kier molecular flexibility index (Phi) is 3.95. The number of thiol groups is 1. The Morgan fingerprint density at radius 3 is 3.09 bits per heavy atom. The Bertz CT molecular complexity index is 801. The SMILES string of the molecule is Nc1nc2c(nnn2[C@H]2CC[C@@H](COP(=O)(O)S)O2)c(=O)[nH]1. The molecule has 0 bridgehead atoms. The molecule has 0 radical (unpaired) electrons. The molecule has 1 aliphatic rings. The maximum absolute atomic E-state index is 11.7. The number of ether oxygens (including phenoxy) is 1. The highest BCUT2D eigenvalue weighted by Gasteiger charge is 2.31. The highest BCUT2D eigenvalue weighted by molar-refractivity contribution is 8.44. The lowest BCUT2D eigenvalue weighted by molar-refractivity contribution is -0.0232. The van der Waals surface area contributed by atoms with Crippen LogP contribution in [0.4, 0.5) is 5.95 Å². The van der Waals surface area contributed by atoms with Crippen molar-refractivity contribution in [2.24, 2.45) is 0 Å². The van der Waals surface area contributed by atoms with Gasteiger partial charge in [0.1, 0.15) is 0 Å². The summed E-state index contributed by atoms with van der Waals surface area (Å²) in [7, 11) is 0. The second-order valence-corrected chi connectivity index (χ2v) is 7.49. The number of anilines is 1. The van der Waals surface area contributed by atoms with Crippen molar-refractivity contribution in [3.05, 3.63) is 10.4 Å². The van der Waals surface area contributed by atoms with E-state index < -0.39 is 24.7 Å². The van der Waals surface area contributed by atoms with E-state index in [9.17, 15) is 9.36 Å². The third kappa shape index (κ3) is 3.15. The van der Waals surface area contributed by atoms with Crippen LogP contribution in [-0.2, 0) is 13.8 Å². The van der Waals surface area contributed by atoms with Gasteiger partial charge in [0.2, 0.25) is 5.95 Å². The summed E-state index contributed by atoms with van der Waals surface area (Å²) in [6.45, 7) is -3.92. The smallest absolute Gasteiger partial charge is 0.369 e. The van der Waals surface area contributed by atoms with Crippen molar-refractivity contribution in [3.8, 4) is 0 Å². The minimum absolute atomic E-state index is 0.0461. The summed E-state index contributed by atoms with van der Waals surface area (Å²) < 4.78 is 22.7. The Balaban J connectivity index is 1.79. The van der Waals surface area contributed by atoms with Gasteiger partial charge in [0.25, 0.3) is 5.56 Å². The molecule has 0 aliphatic carbocycles. The van der Waals surface area contributed by atoms with Crippen LogP contribution >= 0.6 is 19.0 Å². The van der Waals surface area contributed by atoms with Crippen molar-refractivity contribution in [1.82, 2.24) is 25.0 Å². The maximum Gasteiger partial charge on any atom is 0.383 e. The molecule has 1 saturated heterocycles. The van der Waals surface area contributed by atoms with Gasteiger partial charge in [-0.1, -0.05) is 17.5 Å². The molecule has 2 aromatic heterocycles. The van der Waals surface area contributed by atoms with Crippen LogP contribution in [0.3, 0.4) is 0 Å². The van der Waals surface area contributed by atoms with E-state index in [1.54, 1.807) is 0 Å². The van der Waals surface area contributed by atoms with Gasteiger partial charge in [-0.05, 0) is 12.8 Å². The van der Waals surface area contributed by atoms with Crippen molar-refractivity contribution in [2.75, 3.05) is 12.3 Å². The molecule has 1 aliphatic heterocycles. The predicted molar refractivity (Wildman–Crippen MR) is 78.3 cm³/mol.